The van der Waals surface area contributed by atoms with Gasteiger partial charge in [-0.2, -0.15) is 0 Å². The molecular formula is C21H36FIN4. The molecule has 6 heteroatoms. The molecule has 1 aromatic carbocycles. The number of benzene rings is 1. The Morgan fingerprint density at radius 2 is 2.15 bits per heavy atom. The number of aliphatic imine (C=N–C) groups is 1. The Bertz CT molecular complexity index is 565. The first-order valence-electron chi connectivity index (χ1n) is 10.1. The van der Waals surface area contributed by atoms with Crippen molar-refractivity contribution in [2.24, 2.45) is 16.8 Å². The molecular weight excluding hydrogens is 454 g/mol. The van der Waals surface area contributed by atoms with Crippen molar-refractivity contribution >= 4 is 29.9 Å². The van der Waals surface area contributed by atoms with Crippen molar-refractivity contribution in [1.29, 1.82) is 0 Å². The second kappa shape index (κ2) is 13.3. The average molecular weight is 490 g/mol. The minimum atomic E-state index is -0.175. The van der Waals surface area contributed by atoms with Crippen LogP contribution in [0.4, 0.5) is 4.39 Å². The molecule has 1 atom stereocenters. The summed E-state index contributed by atoms with van der Waals surface area (Å²) < 4.78 is 13.3. The van der Waals surface area contributed by atoms with Gasteiger partial charge in [0.1, 0.15) is 5.82 Å². The average Bonchev–Trinajstić information content (AvgIpc) is 2.59. The molecule has 27 heavy (non-hydrogen) atoms. The van der Waals surface area contributed by atoms with Gasteiger partial charge in [-0.3, -0.25) is 4.99 Å². The summed E-state index contributed by atoms with van der Waals surface area (Å²) in [5, 5.41) is 6.69. The summed E-state index contributed by atoms with van der Waals surface area (Å²) in [5.74, 6) is 2.05. The Morgan fingerprint density at radius 1 is 1.33 bits per heavy atom. The predicted octanol–water partition coefficient (Wildman–Crippen LogP) is 3.91. The maximum atomic E-state index is 13.3. The molecule has 1 unspecified atom stereocenters. The van der Waals surface area contributed by atoms with Gasteiger partial charge in [0.05, 0.1) is 0 Å². The van der Waals surface area contributed by atoms with E-state index in [-0.39, 0.29) is 29.8 Å². The van der Waals surface area contributed by atoms with Gasteiger partial charge in [0.25, 0.3) is 0 Å². The standard InChI is InChI=1S/C21H35FN4.HI/c1-4-23-21(24-11-10-18-7-5-9-20(22)13-18)25-14-19-8-6-12-26(16-19)15-17(2)3;/h5,7,9,13,17,19H,4,6,8,10-12,14-16H2,1-3H3,(H2,23,24,25);1H. The van der Waals surface area contributed by atoms with Gasteiger partial charge in [0.15, 0.2) is 5.96 Å². The van der Waals surface area contributed by atoms with Gasteiger partial charge in [-0.1, -0.05) is 26.0 Å². The highest BCUT2D eigenvalue weighted by atomic mass is 127. The van der Waals surface area contributed by atoms with Crippen molar-refractivity contribution in [3.8, 4) is 0 Å². The van der Waals surface area contributed by atoms with E-state index in [0.29, 0.717) is 5.92 Å². The van der Waals surface area contributed by atoms with Crippen molar-refractivity contribution in [3.63, 3.8) is 0 Å². The summed E-state index contributed by atoms with van der Waals surface area (Å²) in [6.07, 6.45) is 3.32. The molecule has 1 saturated heterocycles. The summed E-state index contributed by atoms with van der Waals surface area (Å²) in [4.78, 5) is 7.38. The normalized spacial score (nSPS) is 18.3. The SMILES string of the molecule is CCNC(=NCC1CCCN(CC(C)C)C1)NCCc1cccc(F)c1.I. The molecule has 4 nitrogen and oxygen atoms in total. The van der Waals surface area contributed by atoms with Crippen LogP contribution in [-0.2, 0) is 6.42 Å². The lowest BCUT2D eigenvalue weighted by molar-refractivity contribution is 0.162. The van der Waals surface area contributed by atoms with Crippen LogP contribution >= 0.6 is 24.0 Å². The van der Waals surface area contributed by atoms with Crippen LogP contribution in [0.25, 0.3) is 0 Å². The van der Waals surface area contributed by atoms with Crippen LogP contribution in [0.15, 0.2) is 29.3 Å². The summed E-state index contributed by atoms with van der Waals surface area (Å²) in [6.45, 7) is 12.7. The van der Waals surface area contributed by atoms with E-state index in [4.69, 9.17) is 4.99 Å². The number of piperidine rings is 1. The zero-order chi connectivity index (χ0) is 18.8. The number of rotatable bonds is 8. The fraction of sp³-hybridized carbons (Fsp3) is 0.667. The topological polar surface area (TPSA) is 39.7 Å². The van der Waals surface area contributed by atoms with Gasteiger partial charge in [0.2, 0.25) is 0 Å². The number of hydrogen-bond acceptors (Lipinski definition) is 2. The van der Waals surface area contributed by atoms with E-state index >= 15 is 0 Å². The summed E-state index contributed by atoms with van der Waals surface area (Å²) >= 11 is 0. The molecule has 1 heterocycles. The zero-order valence-corrected chi connectivity index (χ0v) is 19.3. The number of guanidine groups is 1. The number of nitrogens with one attached hydrogen (secondary N) is 2. The minimum absolute atomic E-state index is 0. The smallest absolute Gasteiger partial charge is 0.191 e. The van der Waals surface area contributed by atoms with Gasteiger partial charge in [-0.05, 0) is 62.3 Å². The molecule has 0 aromatic heterocycles. The molecule has 1 aliphatic heterocycles. The highest BCUT2D eigenvalue weighted by Gasteiger charge is 2.20. The lowest BCUT2D eigenvalue weighted by Crippen LogP contribution is -2.41. The van der Waals surface area contributed by atoms with Gasteiger partial charge in [-0.15, -0.1) is 24.0 Å². The molecule has 0 radical (unpaired) electrons. The van der Waals surface area contributed by atoms with E-state index in [1.165, 1.54) is 32.0 Å². The van der Waals surface area contributed by atoms with Crippen LogP contribution in [0.2, 0.25) is 0 Å². The molecule has 1 fully saturated rings. The van der Waals surface area contributed by atoms with E-state index in [9.17, 15) is 4.39 Å². The van der Waals surface area contributed by atoms with Crippen molar-refractivity contribution < 1.29 is 4.39 Å². The van der Waals surface area contributed by atoms with Crippen molar-refractivity contribution in [3.05, 3.63) is 35.6 Å². The molecule has 0 bridgehead atoms. The summed E-state index contributed by atoms with van der Waals surface area (Å²) in [7, 11) is 0. The van der Waals surface area contributed by atoms with Crippen molar-refractivity contribution in [2.45, 2.75) is 40.0 Å². The van der Waals surface area contributed by atoms with Gasteiger partial charge >= 0.3 is 0 Å². The van der Waals surface area contributed by atoms with Gasteiger partial charge in [-0.25, -0.2) is 4.39 Å². The van der Waals surface area contributed by atoms with Crippen LogP contribution in [0.3, 0.4) is 0 Å². The molecule has 0 aliphatic carbocycles. The molecule has 0 saturated carbocycles. The Kier molecular flexibility index (Phi) is 11.9. The maximum Gasteiger partial charge on any atom is 0.191 e. The monoisotopic (exact) mass is 490 g/mol. The van der Waals surface area contributed by atoms with Gasteiger partial charge < -0.3 is 15.5 Å². The molecule has 1 aromatic rings. The highest BCUT2D eigenvalue weighted by molar-refractivity contribution is 14.0. The first-order valence-corrected chi connectivity index (χ1v) is 10.1. The quantitative estimate of drug-likeness (QED) is 0.330. The highest BCUT2D eigenvalue weighted by Crippen LogP contribution is 2.17. The third-order valence-electron chi connectivity index (χ3n) is 4.67. The summed E-state index contributed by atoms with van der Waals surface area (Å²) in [5.41, 5.74) is 1.00. The van der Waals surface area contributed by atoms with Crippen LogP contribution in [0, 0.1) is 17.7 Å². The Hall–Kier alpha value is -0.890. The molecule has 1 aliphatic rings. The molecule has 2 N–H and O–H groups in total. The van der Waals surface area contributed by atoms with Crippen LogP contribution in [-0.4, -0.2) is 50.1 Å². The van der Waals surface area contributed by atoms with Crippen LogP contribution in [0.5, 0.6) is 0 Å². The van der Waals surface area contributed by atoms with Crippen molar-refractivity contribution in [1.82, 2.24) is 15.5 Å². The number of halogens is 2. The zero-order valence-electron chi connectivity index (χ0n) is 17.0. The van der Waals surface area contributed by atoms with Crippen LogP contribution in [0.1, 0.15) is 39.2 Å². The van der Waals surface area contributed by atoms with E-state index in [2.05, 4.69) is 36.3 Å². The largest absolute Gasteiger partial charge is 0.357 e. The fourth-order valence-corrected chi connectivity index (χ4v) is 3.56. The molecule has 0 spiro atoms. The lowest BCUT2D eigenvalue weighted by atomic mass is 9.97. The summed E-state index contributed by atoms with van der Waals surface area (Å²) in [6, 6.07) is 6.79. The third kappa shape index (κ3) is 9.74. The molecule has 154 valence electrons. The Labute approximate surface area is 181 Å². The Balaban J connectivity index is 0.00000364. The third-order valence-corrected chi connectivity index (χ3v) is 4.67. The molecule has 2 rings (SSSR count). The van der Waals surface area contributed by atoms with E-state index < -0.39 is 0 Å². The van der Waals surface area contributed by atoms with E-state index in [1.54, 1.807) is 12.1 Å². The number of likely N-dealkylation sites (tertiary alicyclic amines) is 1. The molecule has 0 amide bonds. The minimum Gasteiger partial charge on any atom is -0.357 e. The van der Waals surface area contributed by atoms with Crippen molar-refractivity contribution in [2.75, 3.05) is 39.3 Å². The fourth-order valence-electron chi connectivity index (χ4n) is 3.56. The number of hydrogen-bond donors (Lipinski definition) is 2. The van der Waals surface area contributed by atoms with Crippen LogP contribution < -0.4 is 10.6 Å². The van der Waals surface area contributed by atoms with E-state index in [1.807, 2.05) is 6.07 Å². The predicted molar refractivity (Wildman–Crippen MR) is 124 cm³/mol. The first-order chi connectivity index (χ1) is 12.6. The van der Waals surface area contributed by atoms with Gasteiger partial charge in [0, 0.05) is 32.7 Å². The second-order valence-electron chi connectivity index (χ2n) is 7.69. The lowest BCUT2D eigenvalue weighted by Gasteiger charge is -2.33. The second-order valence-corrected chi connectivity index (χ2v) is 7.69. The van der Waals surface area contributed by atoms with E-state index in [0.717, 1.165) is 50.0 Å². The number of nitrogens with zero attached hydrogens (tertiary/aromatic N) is 2. The Morgan fingerprint density at radius 3 is 2.85 bits per heavy atom. The maximum absolute atomic E-state index is 13.3. The first kappa shape index (κ1) is 24.1.